The summed E-state index contributed by atoms with van der Waals surface area (Å²) in [5.41, 5.74) is 1.16. The van der Waals surface area contributed by atoms with Crippen LogP contribution in [0, 0.1) is 0 Å². The topological polar surface area (TPSA) is 67.0 Å². The van der Waals surface area contributed by atoms with Gasteiger partial charge in [-0.1, -0.05) is 31.2 Å². The molecule has 3 rings (SSSR count). The zero-order valence-corrected chi connectivity index (χ0v) is 12.9. The Labute approximate surface area is 128 Å². The Balaban J connectivity index is 2.28. The van der Waals surface area contributed by atoms with Crippen LogP contribution in [0.3, 0.4) is 0 Å². The fraction of sp³-hybridized carbons (Fsp3) is 0.118. The van der Waals surface area contributed by atoms with Crippen molar-refractivity contribution >= 4 is 20.7 Å². The van der Waals surface area contributed by atoms with Crippen LogP contribution in [-0.4, -0.2) is 13.4 Å². The molecular weight excluding hydrogens is 298 g/mol. The molecule has 112 valence electrons. The molecule has 1 heterocycles. The van der Waals surface area contributed by atoms with E-state index in [0.29, 0.717) is 10.9 Å². The molecule has 0 bridgehead atoms. The third-order valence-electron chi connectivity index (χ3n) is 3.66. The quantitative estimate of drug-likeness (QED) is 0.808. The number of aromatic amines is 1. The van der Waals surface area contributed by atoms with Gasteiger partial charge in [0, 0.05) is 17.1 Å². The third-order valence-corrected chi connectivity index (χ3v) is 5.44. The smallest absolute Gasteiger partial charge is 0.211 e. The molecule has 2 aromatic carbocycles. The van der Waals surface area contributed by atoms with Crippen LogP contribution >= 0.6 is 0 Å². The lowest BCUT2D eigenvalue weighted by Gasteiger charge is -2.06. The molecule has 0 spiro atoms. The standard InChI is InChI=1S/C17H15NO3S/c1-2-12-8-9-15-14(10-12)17(19)16(11-18-15)22(20,21)13-6-4-3-5-7-13/h3-11H,2H2,1H3,(H,18,19). The normalized spacial score (nSPS) is 11.7. The molecule has 3 aromatic rings. The van der Waals surface area contributed by atoms with Crippen molar-refractivity contribution in [3.8, 4) is 0 Å². The molecule has 0 aliphatic rings. The summed E-state index contributed by atoms with van der Waals surface area (Å²) < 4.78 is 25.3. The van der Waals surface area contributed by atoms with Crippen LogP contribution in [0.25, 0.3) is 10.9 Å². The first-order valence-corrected chi connectivity index (χ1v) is 8.47. The highest BCUT2D eigenvalue weighted by Gasteiger charge is 2.22. The Bertz CT molecular complexity index is 989. The van der Waals surface area contributed by atoms with Crippen LogP contribution in [0.4, 0.5) is 0 Å². The summed E-state index contributed by atoms with van der Waals surface area (Å²) in [4.78, 5) is 15.4. The number of H-pyrrole nitrogens is 1. The number of sulfone groups is 1. The van der Waals surface area contributed by atoms with E-state index in [1.54, 1.807) is 30.3 Å². The maximum Gasteiger partial charge on any atom is 0.211 e. The molecule has 0 fully saturated rings. The van der Waals surface area contributed by atoms with Gasteiger partial charge in [0.2, 0.25) is 15.3 Å². The Morgan fingerprint density at radius 2 is 1.77 bits per heavy atom. The third kappa shape index (κ3) is 2.33. The molecular formula is C17H15NO3S. The number of benzene rings is 2. The summed E-state index contributed by atoms with van der Waals surface area (Å²) in [7, 11) is -3.82. The summed E-state index contributed by atoms with van der Waals surface area (Å²) >= 11 is 0. The monoisotopic (exact) mass is 313 g/mol. The van der Waals surface area contributed by atoms with Crippen LogP contribution in [0.1, 0.15) is 12.5 Å². The molecule has 0 aliphatic heterocycles. The first kappa shape index (κ1) is 14.5. The molecule has 4 nitrogen and oxygen atoms in total. The predicted octanol–water partition coefficient (Wildman–Crippen LogP) is 2.92. The number of rotatable bonds is 3. The van der Waals surface area contributed by atoms with Gasteiger partial charge in [-0.15, -0.1) is 0 Å². The van der Waals surface area contributed by atoms with Gasteiger partial charge in [-0.3, -0.25) is 4.79 Å². The number of aromatic nitrogens is 1. The van der Waals surface area contributed by atoms with E-state index in [-0.39, 0.29) is 9.79 Å². The van der Waals surface area contributed by atoms with Crippen LogP contribution < -0.4 is 5.43 Å². The van der Waals surface area contributed by atoms with Crippen molar-refractivity contribution < 1.29 is 8.42 Å². The van der Waals surface area contributed by atoms with E-state index < -0.39 is 15.3 Å². The molecule has 1 aromatic heterocycles. The number of hydrogen-bond acceptors (Lipinski definition) is 3. The van der Waals surface area contributed by atoms with Crippen LogP contribution in [-0.2, 0) is 16.3 Å². The van der Waals surface area contributed by atoms with E-state index in [1.807, 2.05) is 13.0 Å². The van der Waals surface area contributed by atoms with E-state index in [1.165, 1.54) is 18.3 Å². The van der Waals surface area contributed by atoms with Gasteiger partial charge >= 0.3 is 0 Å². The van der Waals surface area contributed by atoms with Crippen molar-refractivity contribution in [3.05, 3.63) is 70.5 Å². The second-order valence-corrected chi connectivity index (χ2v) is 6.95. The molecule has 0 aliphatic carbocycles. The molecule has 22 heavy (non-hydrogen) atoms. The zero-order valence-electron chi connectivity index (χ0n) is 12.0. The maximum absolute atomic E-state index is 12.6. The van der Waals surface area contributed by atoms with Crippen molar-refractivity contribution in [2.45, 2.75) is 23.1 Å². The minimum Gasteiger partial charge on any atom is -0.360 e. The van der Waals surface area contributed by atoms with Crippen LogP contribution in [0.2, 0.25) is 0 Å². The van der Waals surface area contributed by atoms with E-state index in [2.05, 4.69) is 4.98 Å². The van der Waals surface area contributed by atoms with Crippen molar-refractivity contribution in [2.75, 3.05) is 0 Å². The Hall–Kier alpha value is -2.40. The molecule has 0 atom stereocenters. The van der Waals surface area contributed by atoms with Gasteiger partial charge in [0.15, 0.2) is 0 Å². The molecule has 0 radical (unpaired) electrons. The van der Waals surface area contributed by atoms with E-state index in [4.69, 9.17) is 0 Å². The Morgan fingerprint density at radius 3 is 2.45 bits per heavy atom. The van der Waals surface area contributed by atoms with Crippen LogP contribution in [0.5, 0.6) is 0 Å². The summed E-state index contributed by atoms with van der Waals surface area (Å²) in [5.74, 6) is 0. The number of aryl methyl sites for hydroxylation is 1. The van der Waals surface area contributed by atoms with Crippen molar-refractivity contribution in [3.63, 3.8) is 0 Å². The van der Waals surface area contributed by atoms with E-state index in [0.717, 1.165) is 12.0 Å². The molecule has 5 heteroatoms. The van der Waals surface area contributed by atoms with E-state index in [9.17, 15) is 13.2 Å². The highest BCUT2D eigenvalue weighted by atomic mass is 32.2. The Morgan fingerprint density at radius 1 is 1.05 bits per heavy atom. The summed E-state index contributed by atoms with van der Waals surface area (Å²) in [5, 5.41) is 0.399. The van der Waals surface area contributed by atoms with Gasteiger partial charge in [0.05, 0.1) is 4.90 Å². The van der Waals surface area contributed by atoms with Gasteiger partial charge in [0.25, 0.3) is 0 Å². The Kier molecular flexibility index (Phi) is 3.58. The molecule has 1 N–H and O–H groups in total. The number of nitrogens with one attached hydrogen (secondary N) is 1. The summed E-state index contributed by atoms with van der Waals surface area (Å²) in [6.45, 7) is 1.99. The number of pyridine rings is 1. The number of fused-ring (bicyclic) bond motifs is 1. The zero-order chi connectivity index (χ0) is 15.7. The first-order chi connectivity index (χ1) is 10.5. The molecule has 0 saturated heterocycles. The molecule has 0 unspecified atom stereocenters. The fourth-order valence-electron chi connectivity index (χ4n) is 2.39. The molecule has 0 saturated carbocycles. The lowest BCUT2D eigenvalue weighted by Crippen LogP contribution is -2.16. The van der Waals surface area contributed by atoms with Gasteiger partial charge in [-0.25, -0.2) is 8.42 Å². The minimum absolute atomic E-state index is 0.117. The highest BCUT2D eigenvalue weighted by molar-refractivity contribution is 7.91. The molecule has 0 amide bonds. The summed E-state index contributed by atoms with van der Waals surface area (Å²) in [6.07, 6.45) is 2.06. The first-order valence-electron chi connectivity index (χ1n) is 6.98. The van der Waals surface area contributed by atoms with Gasteiger partial charge < -0.3 is 4.98 Å². The fourth-order valence-corrected chi connectivity index (χ4v) is 3.73. The second-order valence-electron chi connectivity index (χ2n) is 5.03. The lowest BCUT2D eigenvalue weighted by molar-refractivity contribution is 0.595. The van der Waals surface area contributed by atoms with Crippen molar-refractivity contribution in [1.29, 1.82) is 0 Å². The average Bonchev–Trinajstić information content (AvgIpc) is 2.55. The average molecular weight is 313 g/mol. The number of hydrogen-bond donors (Lipinski definition) is 1. The largest absolute Gasteiger partial charge is 0.360 e. The highest BCUT2D eigenvalue weighted by Crippen LogP contribution is 2.19. The minimum atomic E-state index is -3.82. The van der Waals surface area contributed by atoms with Crippen molar-refractivity contribution in [1.82, 2.24) is 4.98 Å². The SMILES string of the molecule is CCc1ccc2[nH]cc(S(=O)(=O)c3ccccc3)c(=O)c2c1. The second kappa shape index (κ2) is 5.42. The predicted molar refractivity (Wildman–Crippen MR) is 85.8 cm³/mol. The van der Waals surface area contributed by atoms with Gasteiger partial charge in [-0.2, -0.15) is 0 Å². The van der Waals surface area contributed by atoms with Crippen molar-refractivity contribution in [2.24, 2.45) is 0 Å². The maximum atomic E-state index is 12.6. The lowest BCUT2D eigenvalue weighted by atomic mass is 10.1. The van der Waals surface area contributed by atoms with E-state index >= 15 is 0 Å². The van der Waals surface area contributed by atoms with Gasteiger partial charge in [0.1, 0.15) is 4.90 Å². The van der Waals surface area contributed by atoms with Crippen LogP contribution in [0.15, 0.2) is 69.3 Å². The van der Waals surface area contributed by atoms with Gasteiger partial charge in [-0.05, 0) is 36.2 Å². The summed E-state index contributed by atoms with van der Waals surface area (Å²) in [6, 6.07) is 13.4.